The Morgan fingerprint density at radius 1 is 1.33 bits per heavy atom. The zero-order valence-electron chi connectivity index (χ0n) is 6.86. The lowest BCUT2D eigenvalue weighted by atomic mass is 10.4. The largest absolute Gasteiger partial charge is 0.299 e. The van der Waals surface area contributed by atoms with Gasteiger partial charge < -0.3 is 0 Å². The van der Waals surface area contributed by atoms with E-state index in [9.17, 15) is 4.79 Å². The number of hydrogen-bond donors (Lipinski definition) is 0. The fourth-order valence-electron chi connectivity index (χ4n) is 0.804. The van der Waals surface area contributed by atoms with Crippen LogP contribution in [0.25, 0.3) is 0 Å². The molecular formula is C10H10OS. The maximum absolute atomic E-state index is 10.1. The van der Waals surface area contributed by atoms with Crippen LogP contribution in [0.4, 0.5) is 0 Å². The molecule has 0 aliphatic carbocycles. The normalized spacial score (nSPS) is 11.2. The van der Waals surface area contributed by atoms with Crippen molar-refractivity contribution in [2.24, 2.45) is 0 Å². The van der Waals surface area contributed by atoms with E-state index in [0.29, 0.717) is 0 Å². The maximum atomic E-state index is 10.1. The van der Waals surface area contributed by atoms with Gasteiger partial charge in [0.05, 0.1) is 0 Å². The molecule has 0 aromatic heterocycles. The molecule has 0 aliphatic heterocycles. The molecule has 0 heterocycles. The van der Waals surface area contributed by atoms with Crippen molar-refractivity contribution in [1.29, 1.82) is 0 Å². The van der Waals surface area contributed by atoms with Crippen molar-refractivity contribution in [1.82, 2.24) is 0 Å². The number of hydrogen-bond acceptors (Lipinski definition) is 2. The molecule has 1 nitrogen and oxygen atoms in total. The number of carbonyl (C=O) groups excluding carboxylic acids is 1. The Bertz CT molecular complexity index is 277. The van der Waals surface area contributed by atoms with Crippen LogP contribution in [0.5, 0.6) is 0 Å². The van der Waals surface area contributed by atoms with Crippen molar-refractivity contribution in [2.45, 2.75) is 11.8 Å². The summed E-state index contributed by atoms with van der Waals surface area (Å²) < 4.78 is 0. The Labute approximate surface area is 76.5 Å². The van der Waals surface area contributed by atoms with Gasteiger partial charge in [-0.25, -0.2) is 0 Å². The van der Waals surface area contributed by atoms with Crippen LogP contribution in [-0.4, -0.2) is 6.29 Å². The molecule has 1 aromatic rings. The third-order valence-corrected chi connectivity index (χ3v) is 2.29. The van der Waals surface area contributed by atoms with E-state index in [0.717, 1.165) is 16.1 Å². The summed E-state index contributed by atoms with van der Waals surface area (Å²) in [4.78, 5) is 12.3. The van der Waals surface area contributed by atoms with E-state index in [-0.39, 0.29) is 0 Å². The summed E-state index contributed by atoms with van der Waals surface area (Å²) in [6, 6.07) is 9.98. The van der Waals surface area contributed by atoms with Crippen molar-refractivity contribution in [3.8, 4) is 0 Å². The van der Waals surface area contributed by atoms with Gasteiger partial charge in [-0.15, -0.1) is 0 Å². The van der Waals surface area contributed by atoms with Crippen LogP contribution < -0.4 is 0 Å². The molecule has 0 radical (unpaired) electrons. The summed E-state index contributed by atoms with van der Waals surface area (Å²) in [5.74, 6) is 0. The minimum Gasteiger partial charge on any atom is -0.299 e. The number of rotatable bonds is 3. The minimum absolute atomic E-state index is 0.811. The predicted molar refractivity (Wildman–Crippen MR) is 52.1 cm³/mol. The molecule has 0 fully saturated rings. The first-order valence-electron chi connectivity index (χ1n) is 3.68. The van der Waals surface area contributed by atoms with Gasteiger partial charge in [0.1, 0.15) is 6.29 Å². The molecule has 0 aliphatic rings. The fourth-order valence-corrected chi connectivity index (χ4v) is 1.59. The van der Waals surface area contributed by atoms with Crippen LogP contribution in [-0.2, 0) is 4.79 Å². The highest BCUT2D eigenvalue weighted by Gasteiger charge is 1.92. The van der Waals surface area contributed by atoms with Crippen molar-refractivity contribution >= 4 is 18.0 Å². The van der Waals surface area contributed by atoms with Gasteiger partial charge in [-0.05, 0) is 30.0 Å². The zero-order valence-corrected chi connectivity index (χ0v) is 7.67. The monoisotopic (exact) mass is 178 g/mol. The molecule has 0 spiro atoms. The molecule has 62 valence electrons. The third kappa shape index (κ3) is 2.93. The molecule has 0 atom stereocenters. The SMILES string of the molecule is C/C(=C/C=O)Sc1ccccc1. The predicted octanol–water partition coefficient (Wildman–Crippen LogP) is 2.88. The molecule has 0 unspecified atom stereocenters. The zero-order chi connectivity index (χ0) is 8.81. The Morgan fingerprint density at radius 3 is 2.58 bits per heavy atom. The van der Waals surface area contributed by atoms with Gasteiger partial charge in [-0.2, -0.15) is 0 Å². The molecule has 0 saturated heterocycles. The van der Waals surface area contributed by atoms with Crippen molar-refractivity contribution in [3.63, 3.8) is 0 Å². The van der Waals surface area contributed by atoms with E-state index in [2.05, 4.69) is 0 Å². The van der Waals surface area contributed by atoms with Gasteiger partial charge in [-0.3, -0.25) is 4.79 Å². The number of benzene rings is 1. The van der Waals surface area contributed by atoms with E-state index in [1.54, 1.807) is 17.8 Å². The number of carbonyl (C=O) groups is 1. The Balaban J connectivity index is 2.64. The maximum Gasteiger partial charge on any atom is 0.143 e. The van der Waals surface area contributed by atoms with Gasteiger partial charge in [0, 0.05) is 4.90 Å². The molecule has 12 heavy (non-hydrogen) atoms. The summed E-state index contributed by atoms with van der Waals surface area (Å²) in [6.45, 7) is 1.92. The smallest absolute Gasteiger partial charge is 0.143 e. The average molecular weight is 178 g/mol. The van der Waals surface area contributed by atoms with E-state index >= 15 is 0 Å². The highest BCUT2D eigenvalue weighted by Crippen LogP contribution is 2.24. The van der Waals surface area contributed by atoms with E-state index < -0.39 is 0 Å². The van der Waals surface area contributed by atoms with Crippen molar-refractivity contribution < 1.29 is 4.79 Å². The second-order valence-electron chi connectivity index (χ2n) is 2.33. The summed E-state index contributed by atoms with van der Waals surface area (Å²) in [5, 5.41) is 0. The third-order valence-electron chi connectivity index (χ3n) is 1.32. The van der Waals surface area contributed by atoms with Crippen LogP contribution in [0.15, 0.2) is 46.2 Å². The fraction of sp³-hybridized carbons (Fsp3) is 0.100. The molecule has 0 saturated carbocycles. The van der Waals surface area contributed by atoms with Gasteiger partial charge in [0.25, 0.3) is 0 Å². The molecule has 1 aromatic carbocycles. The van der Waals surface area contributed by atoms with Crippen molar-refractivity contribution in [2.75, 3.05) is 0 Å². The molecular weight excluding hydrogens is 168 g/mol. The van der Waals surface area contributed by atoms with Crippen LogP contribution in [0.1, 0.15) is 6.92 Å². The van der Waals surface area contributed by atoms with Crippen LogP contribution in [0.2, 0.25) is 0 Å². The van der Waals surface area contributed by atoms with Crippen molar-refractivity contribution in [3.05, 3.63) is 41.3 Å². The standard InChI is InChI=1S/C10H10OS/c1-9(7-8-11)12-10-5-3-2-4-6-10/h2-8H,1H3/b9-7-. The van der Waals surface area contributed by atoms with E-state index in [4.69, 9.17) is 0 Å². The quantitative estimate of drug-likeness (QED) is 0.402. The average Bonchev–Trinajstić information content (AvgIpc) is 2.06. The van der Waals surface area contributed by atoms with E-state index in [1.165, 1.54) is 0 Å². The van der Waals surface area contributed by atoms with E-state index in [1.807, 2.05) is 37.3 Å². The minimum atomic E-state index is 0.811. The van der Waals surface area contributed by atoms with Gasteiger partial charge >= 0.3 is 0 Å². The first-order valence-corrected chi connectivity index (χ1v) is 4.49. The second kappa shape index (κ2) is 4.78. The highest BCUT2D eigenvalue weighted by atomic mass is 32.2. The Kier molecular flexibility index (Phi) is 3.61. The first kappa shape index (κ1) is 9.07. The van der Waals surface area contributed by atoms with Crippen LogP contribution in [0.3, 0.4) is 0 Å². The number of allylic oxidation sites excluding steroid dienone is 2. The molecule has 2 heteroatoms. The number of thioether (sulfide) groups is 1. The molecule has 1 rings (SSSR count). The lowest BCUT2D eigenvalue weighted by molar-refractivity contribution is -0.104. The molecule has 0 N–H and O–H groups in total. The van der Waals surface area contributed by atoms with Gasteiger partial charge in [0.15, 0.2) is 0 Å². The summed E-state index contributed by atoms with van der Waals surface area (Å²) in [6.07, 6.45) is 2.38. The van der Waals surface area contributed by atoms with Crippen LogP contribution in [0, 0.1) is 0 Å². The molecule has 0 amide bonds. The topological polar surface area (TPSA) is 17.1 Å². The molecule has 0 bridgehead atoms. The number of aldehydes is 1. The first-order chi connectivity index (χ1) is 5.83. The van der Waals surface area contributed by atoms with Crippen LogP contribution >= 0.6 is 11.8 Å². The summed E-state index contributed by atoms with van der Waals surface area (Å²) in [5.41, 5.74) is 0. The Morgan fingerprint density at radius 2 is 2.00 bits per heavy atom. The second-order valence-corrected chi connectivity index (χ2v) is 3.65. The van der Waals surface area contributed by atoms with Gasteiger partial charge in [-0.1, -0.05) is 30.0 Å². The summed E-state index contributed by atoms with van der Waals surface area (Å²) in [7, 11) is 0. The highest BCUT2D eigenvalue weighted by molar-refractivity contribution is 8.03. The lowest BCUT2D eigenvalue weighted by Gasteiger charge is -1.98. The Hall–Kier alpha value is -1.02. The van der Waals surface area contributed by atoms with Gasteiger partial charge in [0.2, 0.25) is 0 Å². The summed E-state index contributed by atoms with van der Waals surface area (Å²) >= 11 is 1.60. The lowest BCUT2D eigenvalue weighted by Crippen LogP contribution is -1.71.